The summed E-state index contributed by atoms with van der Waals surface area (Å²) in [6.07, 6.45) is 2.01. The van der Waals surface area contributed by atoms with Gasteiger partial charge in [0.1, 0.15) is 0 Å². The van der Waals surface area contributed by atoms with Crippen LogP contribution in [0.1, 0.15) is 19.8 Å². The zero-order valence-electron chi connectivity index (χ0n) is 10.9. The largest absolute Gasteiger partial charge is 0.493 e. The summed E-state index contributed by atoms with van der Waals surface area (Å²) in [5.74, 6) is 0.890. The standard InChI is InChI=1S/C13H20N2O3/c1-3-4-7-15-13(16)9-18-12-8-10(14)5-6-11(12)17-2/h5-6,8H,3-4,7,9,14H2,1-2H3,(H,15,16). The molecular weight excluding hydrogens is 232 g/mol. The number of carbonyl (C=O) groups excluding carboxylic acids is 1. The van der Waals surface area contributed by atoms with Crippen LogP contribution in [0.4, 0.5) is 5.69 Å². The van der Waals surface area contributed by atoms with Crippen molar-refractivity contribution < 1.29 is 14.3 Å². The lowest BCUT2D eigenvalue weighted by atomic mass is 10.3. The van der Waals surface area contributed by atoms with Crippen LogP contribution in [0.15, 0.2) is 18.2 Å². The van der Waals surface area contributed by atoms with Crippen molar-refractivity contribution in [2.45, 2.75) is 19.8 Å². The van der Waals surface area contributed by atoms with Crippen molar-refractivity contribution in [3.05, 3.63) is 18.2 Å². The third-order valence-electron chi connectivity index (χ3n) is 2.40. The van der Waals surface area contributed by atoms with Crippen molar-refractivity contribution >= 4 is 11.6 Å². The predicted octanol–water partition coefficient (Wildman–Crippen LogP) is 1.57. The maximum Gasteiger partial charge on any atom is 0.257 e. The van der Waals surface area contributed by atoms with Crippen molar-refractivity contribution in [2.24, 2.45) is 0 Å². The molecule has 1 amide bonds. The molecule has 0 radical (unpaired) electrons. The first-order valence-corrected chi connectivity index (χ1v) is 6.00. The number of unbranched alkanes of at least 4 members (excludes halogenated alkanes) is 1. The summed E-state index contributed by atoms with van der Waals surface area (Å²) in [7, 11) is 1.54. The van der Waals surface area contributed by atoms with Gasteiger partial charge in [0.05, 0.1) is 7.11 Å². The molecule has 100 valence electrons. The van der Waals surface area contributed by atoms with Crippen molar-refractivity contribution in [1.82, 2.24) is 5.32 Å². The van der Waals surface area contributed by atoms with E-state index in [2.05, 4.69) is 12.2 Å². The van der Waals surface area contributed by atoms with Gasteiger partial charge in [-0.1, -0.05) is 13.3 Å². The van der Waals surface area contributed by atoms with E-state index >= 15 is 0 Å². The van der Waals surface area contributed by atoms with Gasteiger partial charge in [0.15, 0.2) is 18.1 Å². The van der Waals surface area contributed by atoms with E-state index in [4.69, 9.17) is 15.2 Å². The highest BCUT2D eigenvalue weighted by molar-refractivity contribution is 5.77. The van der Waals surface area contributed by atoms with E-state index in [0.717, 1.165) is 12.8 Å². The van der Waals surface area contributed by atoms with E-state index in [1.54, 1.807) is 25.3 Å². The summed E-state index contributed by atoms with van der Waals surface area (Å²) in [5, 5.41) is 2.77. The molecule has 0 fully saturated rings. The van der Waals surface area contributed by atoms with Crippen LogP contribution in [-0.4, -0.2) is 26.2 Å². The molecule has 1 rings (SSSR count). The van der Waals surface area contributed by atoms with Gasteiger partial charge in [-0.3, -0.25) is 4.79 Å². The van der Waals surface area contributed by atoms with Crippen molar-refractivity contribution in [2.75, 3.05) is 26.0 Å². The fourth-order valence-electron chi connectivity index (χ4n) is 1.41. The van der Waals surface area contributed by atoms with Crippen LogP contribution in [0.3, 0.4) is 0 Å². The van der Waals surface area contributed by atoms with Crippen LogP contribution in [0.5, 0.6) is 11.5 Å². The molecule has 1 aromatic carbocycles. The number of nitrogen functional groups attached to an aromatic ring is 1. The van der Waals surface area contributed by atoms with Crippen molar-refractivity contribution in [1.29, 1.82) is 0 Å². The van der Waals surface area contributed by atoms with E-state index in [1.807, 2.05) is 0 Å². The SMILES string of the molecule is CCCCNC(=O)COc1cc(N)ccc1OC. The molecule has 0 heterocycles. The number of nitrogens with one attached hydrogen (secondary N) is 1. The summed E-state index contributed by atoms with van der Waals surface area (Å²) in [5.41, 5.74) is 6.22. The highest BCUT2D eigenvalue weighted by Gasteiger charge is 2.07. The van der Waals surface area contributed by atoms with E-state index in [-0.39, 0.29) is 12.5 Å². The molecule has 5 heteroatoms. The Bertz CT molecular complexity index is 394. The minimum Gasteiger partial charge on any atom is -0.493 e. The Labute approximate surface area is 107 Å². The molecule has 0 aromatic heterocycles. The number of nitrogens with two attached hydrogens (primary N) is 1. The summed E-state index contributed by atoms with van der Waals surface area (Å²) >= 11 is 0. The number of hydrogen-bond donors (Lipinski definition) is 2. The third-order valence-corrected chi connectivity index (χ3v) is 2.40. The van der Waals surface area contributed by atoms with E-state index in [0.29, 0.717) is 23.7 Å². The number of ether oxygens (including phenoxy) is 2. The van der Waals surface area contributed by atoms with Gasteiger partial charge in [0.2, 0.25) is 0 Å². The molecule has 0 saturated carbocycles. The zero-order valence-corrected chi connectivity index (χ0v) is 10.9. The maximum atomic E-state index is 11.5. The lowest BCUT2D eigenvalue weighted by molar-refractivity contribution is -0.123. The highest BCUT2D eigenvalue weighted by Crippen LogP contribution is 2.28. The Kier molecular flexibility index (Phi) is 5.84. The Morgan fingerprint density at radius 2 is 2.17 bits per heavy atom. The first-order chi connectivity index (χ1) is 8.67. The second kappa shape index (κ2) is 7.42. The molecular formula is C13H20N2O3. The number of benzene rings is 1. The van der Waals surface area contributed by atoms with Crippen LogP contribution in [0, 0.1) is 0 Å². The van der Waals surface area contributed by atoms with Crippen LogP contribution < -0.4 is 20.5 Å². The molecule has 0 aliphatic heterocycles. The molecule has 0 bridgehead atoms. The first kappa shape index (κ1) is 14.2. The van der Waals surface area contributed by atoms with Crippen LogP contribution in [-0.2, 0) is 4.79 Å². The smallest absolute Gasteiger partial charge is 0.257 e. The van der Waals surface area contributed by atoms with Gasteiger partial charge in [0, 0.05) is 18.3 Å². The zero-order chi connectivity index (χ0) is 13.4. The lowest BCUT2D eigenvalue weighted by Crippen LogP contribution is -2.29. The van der Waals surface area contributed by atoms with E-state index in [1.165, 1.54) is 0 Å². The predicted molar refractivity (Wildman–Crippen MR) is 70.8 cm³/mol. The van der Waals surface area contributed by atoms with Crippen LogP contribution in [0.2, 0.25) is 0 Å². The van der Waals surface area contributed by atoms with Gasteiger partial charge in [-0.15, -0.1) is 0 Å². The van der Waals surface area contributed by atoms with Crippen LogP contribution in [0.25, 0.3) is 0 Å². The molecule has 0 unspecified atom stereocenters. The summed E-state index contributed by atoms with van der Waals surface area (Å²) < 4.78 is 10.5. The van der Waals surface area contributed by atoms with E-state index < -0.39 is 0 Å². The minimum atomic E-state index is -0.145. The van der Waals surface area contributed by atoms with Gasteiger partial charge in [-0.2, -0.15) is 0 Å². The molecule has 0 aliphatic rings. The molecule has 0 spiro atoms. The van der Waals surface area contributed by atoms with Gasteiger partial charge in [-0.05, 0) is 18.6 Å². The molecule has 18 heavy (non-hydrogen) atoms. The summed E-state index contributed by atoms with van der Waals surface area (Å²) in [6.45, 7) is 2.70. The quantitative estimate of drug-likeness (QED) is 0.570. The number of methoxy groups -OCH3 is 1. The topological polar surface area (TPSA) is 73.6 Å². The number of rotatable bonds is 7. The minimum absolute atomic E-state index is 0.0382. The fraction of sp³-hybridized carbons (Fsp3) is 0.462. The molecule has 3 N–H and O–H groups in total. The second-order valence-corrected chi connectivity index (χ2v) is 3.90. The lowest BCUT2D eigenvalue weighted by Gasteiger charge is -2.11. The van der Waals surface area contributed by atoms with Gasteiger partial charge < -0.3 is 20.5 Å². The summed E-state index contributed by atoms with van der Waals surface area (Å²) in [4.78, 5) is 11.5. The maximum absolute atomic E-state index is 11.5. The Morgan fingerprint density at radius 1 is 1.39 bits per heavy atom. The number of amides is 1. The highest BCUT2D eigenvalue weighted by atomic mass is 16.5. The van der Waals surface area contributed by atoms with Gasteiger partial charge >= 0.3 is 0 Å². The molecule has 0 atom stereocenters. The van der Waals surface area contributed by atoms with Crippen LogP contribution >= 0.6 is 0 Å². The molecule has 1 aromatic rings. The average molecular weight is 252 g/mol. The number of hydrogen-bond acceptors (Lipinski definition) is 4. The monoisotopic (exact) mass is 252 g/mol. The third kappa shape index (κ3) is 4.53. The number of carbonyl (C=O) groups is 1. The van der Waals surface area contributed by atoms with Gasteiger partial charge in [0.25, 0.3) is 5.91 Å². The first-order valence-electron chi connectivity index (χ1n) is 6.00. The van der Waals surface area contributed by atoms with Crippen molar-refractivity contribution in [3.63, 3.8) is 0 Å². The Hall–Kier alpha value is -1.91. The van der Waals surface area contributed by atoms with Gasteiger partial charge in [-0.25, -0.2) is 0 Å². The fourth-order valence-corrected chi connectivity index (χ4v) is 1.41. The molecule has 0 aliphatic carbocycles. The van der Waals surface area contributed by atoms with E-state index in [9.17, 15) is 4.79 Å². The molecule has 5 nitrogen and oxygen atoms in total. The summed E-state index contributed by atoms with van der Waals surface area (Å²) in [6, 6.07) is 5.06. The Morgan fingerprint density at radius 3 is 2.83 bits per heavy atom. The normalized spacial score (nSPS) is 9.89. The number of anilines is 1. The second-order valence-electron chi connectivity index (χ2n) is 3.90. The average Bonchev–Trinajstić information content (AvgIpc) is 2.37. The Balaban J connectivity index is 2.47. The van der Waals surface area contributed by atoms with Crippen molar-refractivity contribution in [3.8, 4) is 11.5 Å². The molecule has 0 saturated heterocycles.